The Morgan fingerprint density at radius 1 is 1.45 bits per heavy atom. The highest BCUT2D eigenvalue weighted by Crippen LogP contribution is 2.29. The van der Waals surface area contributed by atoms with Gasteiger partial charge >= 0.3 is 0 Å². The zero-order chi connectivity index (χ0) is 7.84. The van der Waals surface area contributed by atoms with Gasteiger partial charge in [0.25, 0.3) is 0 Å². The van der Waals surface area contributed by atoms with Crippen LogP contribution in [-0.4, -0.2) is 4.98 Å². The van der Waals surface area contributed by atoms with E-state index >= 15 is 0 Å². The molecule has 0 spiro atoms. The molecule has 0 radical (unpaired) electrons. The molecule has 0 aliphatic rings. The topological polar surface area (TPSA) is 12.9 Å². The summed E-state index contributed by atoms with van der Waals surface area (Å²) < 4.78 is 1.35. The van der Waals surface area contributed by atoms with E-state index in [4.69, 9.17) is 0 Å². The summed E-state index contributed by atoms with van der Waals surface area (Å²) in [6.45, 7) is 4.28. The number of thiophene rings is 1. The van der Waals surface area contributed by atoms with Crippen LogP contribution >= 0.6 is 22.7 Å². The highest BCUT2D eigenvalue weighted by atomic mass is 32.1. The molecule has 0 amide bonds. The van der Waals surface area contributed by atoms with Crippen molar-refractivity contribution in [3.8, 4) is 0 Å². The van der Waals surface area contributed by atoms with E-state index in [-0.39, 0.29) is 0 Å². The molecule has 0 aliphatic heterocycles. The number of rotatable bonds is 1. The van der Waals surface area contributed by atoms with Gasteiger partial charge in [-0.25, -0.2) is 4.98 Å². The van der Waals surface area contributed by atoms with Gasteiger partial charge in [-0.2, -0.15) is 0 Å². The van der Waals surface area contributed by atoms with Gasteiger partial charge < -0.3 is 0 Å². The third-order valence-electron chi connectivity index (χ3n) is 1.56. The summed E-state index contributed by atoms with van der Waals surface area (Å²) in [6.07, 6.45) is 1.06. The number of aryl methyl sites for hydroxylation is 2. The first-order valence-corrected chi connectivity index (χ1v) is 5.28. The van der Waals surface area contributed by atoms with Gasteiger partial charge in [0.05, 0.1) is 9.71 Å². The lowest BCUT2D eigenvalue weighted by molar-refractivity contribution is 1.11. The number of aromatic nitrogens is 1. The zero-order valence-electron chi connectivity index (χ0n) is 6.55. The number of thiazole rings is 1. The number of fused-ring (bicyclic) bond motifs is 1. The van der Waals surface area contributed by atoms with Crippen molar-refractivity contribution in [1.82, 2.24) is 4.98 Å². The molecule has 2 aromatic rings. The molecule has 0 bridgehead atoms. The fraction of sp³-hybridized carbons (Fsp3) is 0.375. The van der Waals surface area contributed by atoms with E-state index in [1.165, 1.54) is 19.4 Å². The Labute approximate surface area is 73.7 Å². The van der Waals surface area contributed by atoms with Crippen LogP contribution in [0.25, 0.3) is 9.53 Å². The summed E-state index contributed by atoms with van der Waals surface area (Å²) in [6, 6.07) is 2.22. The number of nitrogens with zero attached hydrogens (tertiary/aromatic N) is 1. The van der Waals surface area contributed by atoms with Gasteiger partial charge in [0.1, 0.15) is 4.83 Å². The second-order valence-electron chi connectivity index (χ2n) is 2.49. The van der Waals surface area contributed by atoms with Crippen molar-refractivity contribution in [2.45, 2.75) is 20.3 Å². The minimum atomic E-state index is 1.06. The minimum Gasteiger partial charge on any atom is -0.230 e. The molecule has 0 saturated carbocycles. The average molecular weight is 183 g/mol. The van der Waals surface area contributed by atoms with Gasteiger partial charge in [0.2, 0.25) is 0 Å². The van der Waals surface area contributed by atoms with Gasteiger partial charge in [0.15, 0.2) is 0 Å². The molecule has 0 unspecified atom stereocenters. The van der Waals surface area contributed by atoms with Crippen molar-refractivity contribution in [2.75, 3.05) is 0 Å². The Morgan fingerprint density at radius 3 is 2.91 bits per heavy atom. The first-order valence-electron chi connectivity index (χ1n) is 3.65. The van der Waals surface area contributed by atoms with Gasteiger partial charge in [-0.3, -0.25) is 0 Å². The molecule has 1 nitrogen and oxygen atoms in total. The molecular formula is C8H9NS2. The Hall–Kier alpha value is -0.410. The highest BCUT2D eigenvalue weighted by molar-refractivity contribution is 7.27. The zero-order valence-corrected chi connectivity index (χ0v) is 8.18. The van der Waals surface area contributed by atoms with Crippen LogP contribution in [0.1, 0.15) is 16.8 Å². The van der Waals surface area contributed by atoms with Crippen molar-refractivity contribution >= 4 is 32.2 Å². The lowest BCUT2D eigenvalue weighted by atomic mass is 10.5. The second kappa shape index (κ2) is 2.57. The molecule has 0 aromatic carbocycles. The van der Waals surface area contributed by atoms with Crippen molar-refractivity contribution in [3.05, 3.63) is 16.0 Å². The summed E-state index contributed by atoms with van der Waals surface area (Å²) >= 11 is 3.61. The maximum Gasteiger partial charge on any atom is 0.134 e. The first kappa shape index (κ1) is 7.25. The van der Waals surface area contributed by atoms with Gasteiger partial charge in [-0.15, -0.1) is 22.7 Å². The minimum absolute atomic E-state index is 1.06. The Bertz CT molecular complexity index is 341. The summed E-state index contributed by atoms with van der Waals surface area (Å²) in [5.74, 6) is 0. The molecule has 0 saturated heterocycles. The van der Waals surface area contributed by atoms with Crippen molar-refractivity contribution < 1.29 is 0 Å². The molecular weight excluding hydrogens is 174 g/mol. The number of hydrogen-bond acceptors (Lipinski definition) is 3. The fourth-order valence-electron chi connectivity index (χ4n) is 1.04. The normalized spacial score (nSPS) is 11.1. The average Bonchev–Trinajstić information content (AvgIpc) is 2.43. The highest BCUT2D eigenvalue weighted by Gasteiger charge is 2.03. The molecule has 11 heavy (non-hydrogen) atoms. The van der Waals surface area contributed by atoms with Crippen LogP contribution in [-0.2, 0) is 6.42 Å². The van der Waals surface area contributed by atoms with E-state index in [0.717, 1.165) is 6.42 Å². The fourth-order valence-corrected chi connectivity index (χ4v) is 3.13. The number of hydrogen-bond donors (Lipinski definition) is 0. The third-order valence-corrected chi connectivity index (χ3v) is 3.78. The molecule has 0 atom stereocenters. The standard InChI is InChI=1S/C8H9NS2/c1-3-7-9-8-6(11-7)4-5(2)10-8/h4H,3H2,1-2H3. The summed E-state index contributed by atoms with van der Waals surface area (Å²) in [5, 5.41) is 1.26. The molecule has 0 N–H and O–H groups in total. The van der Waals surface area contributed by atoms with Crippen LogP contribution in [0, 0.1) is 6.92 Å². The summed E-state index contributed by atoms with van der Waals surface area (Å²) in [5.41, 5.74) is 0. The molecule has 2 heterocycles. The van der Waals surface area contributed by atoms with E-state index in [1.807, 2.05) is 11.3 Å². The van der Waals surface area contributed by atoms with E-state index in [2.05, 4.69) is 24.9 Å². The molecule has 3 heteroatoms. The summed E-state index contributed by atoms with van der Waals surface area (Å²) in [7, 11) is 0. The molecule has 0 aliphatic carbocycles. The molecule has 2 rings (SSSR count). The van der Waals surface area contributed by atoms with Crippen LogP contribution in [0.15, 0.2) is 6.07 Å². The van der Waals surface area contributed by atoms with E-state index in [1.54, 1.807) is 11.3 Å². The largest absolute Gasteiger partial charge is 0.230 e. The lowest BCUT2D eigenvalue weighted by Gasteiger charge is -1.80. The Balaban J connectivity index is 2.64. The van der Waals surface area contributed by atoms with E-state index in [0.29, 0.717) is 0 Å². The van der Waals surface area contributed by atoms with E-state index in [9.17, 15) is 0 Å². The van der Waals surface area contributed by atoms with Crippen LogP contribution in [0.5, 0.6) is 0 Å². The lowest BCUT2D eigenvalue weighted by Crippen LogP contribution is -1.72. The van der Waals surface area contributed by atoms with Crippen molar-refractivity contribution in [3.63, 3.8) is 0 Å². The smallest absolute Gasteiger partial charge is 0.134 e. The molecule has 2 aromatic heterocycles. The van der Waals surface area contributed by atoms with Crippen LogP contribution in [0.2, 0.25) is 0 Å². The van der Waals surface area contributed by atoms with Gasteiger partial charge in [-0.1, -0.05) is 6.92 Å². The quantitative estimate of drug-likeness (QED) is 0.661. The maximum atomic E-state index is 4.49. The Morgan fingerprint density at radius 2 is 2.27 bits per heavy atom. The second-order valence-corrected chi connectivity index (χ2v) is 4.84. The molecule has 0 fully saturated rings. The Kier molecular flexibility index (Phi) is 1.69. The van der Waals surface area contributed by atoms with E-state index < -0.39 is 0 Å². The SMILES string of the molecule is CCc1nc2sc(C)cc2s1. The van der Waals surface area contributed by atoms with Crippen LogP contribution in [0.3, 0.4) is 0 Å². The van der Waals surface area contributed by atoms with Gasteiger partial charge in [0, 0.05) is 4.88 Å². The van der Waals surface area contributed by atoms with Crippen LogP contribution < -0.4 is 0 Å². The van der Waals surface area contributed by atoms with Crippen molar-refractivity contribution in [2.24, 2.45) is 0 Å². The van der Waals surface area contributed by atoms with Crippen LogP contribution in [0.4, 0.5) is 0 Å². The van der Waals surface area contributed by atoms with Crippen molar-refractivity contribution in [1.29, 1.82) is 0 Å². The summed E-state index contributed by atoms with van der Waals surface area (Å²) in [4.78, 5) is 7.06. The monoisotopic (exact) mass is 183 g/mol. The van der Waals surface area contributed by atoms with Gasteiger partial charge in [-0.05, 0) is 19.4 Å². The molecule has 58 valence electrons. The predicted molar refractivity (Wildman–Crippen MR) is 51.6 cm³/mol. The first-order chi connectivity index (χ1) is 5.29. The predicted octanol–water partition coefficient (Wildman–Crippen LogP) is 3.23. The maximum absolute atomic E-state index is 4.49. The third kappa shape index (κ3) is 1.19.